The van der Waals surface area contributed by atoms with E-state index >= 15 is 0 Å². The normalized spacial score (nSPS) is 11.5. The molecule has 1 rings (SSSR count). The van der Waals surface area contributed by atoms with Crippen LogP contribution in [0.4, 0.5) is 0 Å². The van der Waals surface area contributed by atoms with E-state index in [1.54, 1.807) is 0 Å². The first kappa shape index (κ1) is 12.3. The van der Waals surface area contributed by atoms with Crippen LogP contribution in [0.25, 0.3) is 6.08 Å². The van der Waals surface area contributed by atoms with Gasteiger partial charge < -0.3 is 5.32 Å². The highest BCUT2D eigenvalue weighted by molar-refractivity contribution is 6.30. The molecule has 0 atom stereocenters. The van der Waals surface area contributed by atoms with Gasteiger partial charge in [0.25, 0.3) is 0 Å². The molecule has 0 bridgehead atoms. The highest BCUT2D eigenvalue weighted by atomic mass is 35.5. The first-order valence-electron chi connectivity index (χ1n) is 5.25. The molecule has 0 fully saturated rings. The third kappa shape index (κ3) is 4.50. The molecule has 0 aliphatic carbocycles. The number of aryl methyl sites for hydroxylation is 1. The Kier molecular flexibility index (Phi) is 4.86. The van der Waals surface area contributed by atoms with E-state index < -0.39 is 0 Å². The second-order valence-corrected chi connectivity index (χ2v) is 4.40. The molecular weight excluding hydrogens is 206 g/mol. The van der Waals surface area contributed by atoms with Crippen molar-refractivity contribution in [1.29, 1.82) is 0 Å². The number of benzene rings is 1. The van der Waals surface area contributed by atoms with Gasteiger partial charge >= 0.3 is 0 Å². The molecular formula is C13H18ClN. The molecule has 1 nitrogen and oxygen atoms in total. The lowest BCUT2D eigenvalue weighted by molar-refractivity contribution is 0.633. The number of halogens is 1. The third-order valence-electron chi connectivity index (χ3n) is 2.17. The van der Waals surface area contributed by atoms with Crippen LogP contribution in [0, 0.1) is 6.92 Å². The van der Waals surface area contributed by atoms with Crippen molar-refractivity contribution in [3.05, 3.63) is 40.4 Å². The lowest BCUT2D eigenvalue weighted by atomic mass is 10.1. The Hall–Kier alpha value is -0.790. The van der Waals surface area contributed by atoms with Gasteiger partial charge in [0, 0.05) is 17.6 Å². The smallest absolute Gasteiger partial charge is 0.0409 e. The van der Waals surface area contributed by atoms with Crippen molar-refractivity contribution in [1.82, 2.24) is 5.32 Å². The summed E-state index contributed by atoms with van der Waals surface area (Å²) in [6, 6.07) is 6.48. The summed E-state index contributed by atoms with van der Waals surface area (Å²) in [4.78, 5) is 0. The molecule has 0 saturated carbocycles. The van der Waals surface area contributed by atoms with Gasteiger partial charge in [-0.1, -0.05) is 43.7 Å². The molecule has 0 aliphatic heterocycles. The molecule has 1 aromatic carbocycles. The maximum atomic E-state index is 5.88. The van der Waals surface area contributed by atoms with Crippen molar-refractivity contribution in [3.8, 4) is 0 Å². The van der Waals surface area contributed by atoms with Crippen molar-refractivity contribution in [3.63, 3.8) is 0 Å². The molecule has 0 saturated heterocycles. The highest BCUT2D eigenvalue weighted by Gasteiger charge is 1.94. The topological polar surface area (TPSA) is 12.0 Å². The molecule has 0 spiro atoms. The van der Waals surface area contributed by atoms with Gasteiger partial charge in [-0.2, -0.15) is 0 Å². The molecule has 15 heavy (non-hydrogen) atoms. The predicted octanol–water partition coefficient (Wildman–Crippen LogP) is 3.66. The zero-order chi connectivity index (χ0) is 11.3. The van der Waals surface area contributed by atoms with Gasteiger partial charge in [-0.15, -0.1) is 0 Å². The Labute approximate surface area is 97.1 Å². The Morgan fingerprint density at radius 2 is 2.13 bits per heavy atom. The largest absolute Gasteiger partial charge is 0.311 e. The minimum atomic E-state index is 0.529. The number of nitrogens with one attached hydrogen (secondary N) is 1. The fourth-order valence-electron chi connectivity index (χ4n) is 1.32. The molecule has 82 valence electrons. The highest BCUT2D eigenvalue weighted by Crippen LogP contribution is 2.16. The molecule has 0 aromatic heterocycles. The summed E-state index contributed by atoms with van der Waals surface area (Å²) < 4.78 is 0. The molecule has 0 amide bonds. The molecule has 1 aromatic rings. The van der Waals surface area contributed by atoms with Crippen molar-refractivity contribution in [2.75, 3.05) is 6.54 Å². The zero-order valence-corrected chi connectivity index (χ0v) is 10.3. The second-order valence-electron chi connectivity index (χ2n) is 3.97. The molecule has 0 unspecified atom stereocenters. The second kappa shape index (κ2) is 5.94. The van der Waals surface area contributed by atoms with E-state index in [0.29, 0.717) is 6.04 Å². The maximum absolute atomic E-state index is 5.88. The van der Waals surface area contributed by atoms with Gasteiger partial charge in [-0.3, -0.25) is 0 Å². The van der Waals surface area contributed by atoms with Crippen LogP contribution >= 0.6 is 11.6 Å². The predicted molar refractivity (Wildman–Crippen MR) is 68.4 cm³/mol. The van der Waals surface area contributed by atoms with Crippen LogP contribution < -0.4 is 5.32 Å². The van der Waals surface area contributed by atoms with Gasteiger partial charge in [0.05, 0.1) is 0 Å². The lowest BCUT2D eigenvalue weighted by Crippen LogP contribution is -2.22. The number of hydrogen-bond donors (Lipinski definition) is 1. The summed E-state index contributed by atoms with van der Waals surface area (Å²) in [5.41, 5.74) is 2.44. The monoisotopic (exact) mass is 223 g/mol. The Morgan fingerprint density at radius 1 is 1.40 bits per heavy atom. The fraction of sp³-hybridized carbons (Fsp3) is 0.385. The van der Waals surface area contributed by atoms with E-state index in [4.69, 9.17) is 11.6 Å². The van der Waals surface area contributed by atoms with E-state index in [0.717, 1.165) is 11.6 Å². The van der Waals surface area contributed by atoms with Crippen molar-refractivity contribution < 1.29 is 0 Å². The van der Waals surface area contributed by atoms with E-state index in [1.807, 2.05) is 18.2 Å². The fourth-order valence-corrected chi connectivity index (χ4v) is 1.54. The minimum Gasteiger partial charge on any atom is -0.311 e. The Bertz CT molecular complexity index is 342. The summed E-state index contributed by atoms with van der Waals surface area (Å²) in [6.45, 7) is 7.25. The average molecular weight is 224 g/mol. The summed E-state index contributed by atoms with van der Waals surface area (Å²) in [6.07, 6.45) is 4.26. The average Bonchev–Trinajstić information content (AvgIpc) is 2.14. The van der Waals surface area contributed by atoms with Crippen molar-refractivity contribution in [2.24, 2.45) is 0 Å². The van der Waals surface area contributed by atoms with E-state index in [-0.39, 0.29) is 0 Å². The summed E-state index contributed by atoms with van der Waals surface area (Å²) in [5, 5.41) is 4.13. The summed E-state index contributed by atoms with van der Waals surface area (Å²) in [5.74, 6) is 0. The number of hydrogen-bond acceptors (Lipinski definition) is 1. The minimum absolute atomic E-state index is 0.529. The van der Waals surface area contributed by atoms with Gasteiger partial charge in [-0.25, -0.2) is 0 Å². The molecule has 0 heterocycles. The standard InChI is InChI=1S/C13H18ClN/c1-10(2)15-8-4-5-12-6-7-13(14)9-11(12)3/h4-7,9-10,15H,8H2,1-3H3/b5-4+. The van der Waals surface area contributed by atoms with Crippen LogP contribution in [0.2, 0.25) is 5.02 Å². The molecule has 2 heteroatoms. The lowest BCUT2D eigenvalue weighted by Gasteiger charge is -2.04. The quantitative estimate of drug-likeness (QED) is 0.822. The van der Waals surface area contributed by atoms with Gasteiger partial charge in [0.15, 0.2) is 0 Å². The van der Waals surface area contributed by atoms with Crippen LogP contribution in [0.15, 0.2) is 24.3 Å². The van der Waals surface area contributed by atoms with Crippen molar-refractivity contribution in [2.45, 2.75) is 26.8 Å². The van der Waals surface area contributed by atoms with E-state index in [9.17, 15) is 0 Å². The Morgan fingerprint density at radius 3 is 2.73 bits per heavy atom. The third-order valence-corrected chi connectivity index (χ3v) is 2.41. The van der Waals surface area contributed by atoms with Gasteiger partial charge in [-0.05, 0) is 30.2 Å². The number of rotatable bonds is 4. The van der Waals surface area contributed by atoms with Crippen molar-refractivity contribution >= 4 is 17.7 Å². The summed E-state index contributed by atoms with van der Waals surface area (Å²) in [7, 11) is 0. The molecule has 0 radical (unpaired) electrons. The first-order chi connectivity index (χ1) is 7.09. The van der Waals surface area contributed by atoms with Crippen LogP contribution in [-0.2, 0) is 0 Å². The van der Waals surface area contributed by atoms with Gasteiger partial charge in [0.1, 0.15) is 0 Å². The molecule has 1 N–H and O–H groups in total. The van der Waals surface area contributed by atoms with Crippen LogP contribution in [0.1, 0.15) is 25.0 Å². The van der Waals surface area contributed by atoms with Crippen LogP contribution in [-0.4, -0.2) is 12.6 Å². The summed E-state index contributed by atoms with van der Waals surface area (Å²) >= 11 is 5.88. The van der Waals surface area contributed by atoms with Gasteiger partial charge in [0.2, 0.25) is 0 Å². The van der Waals surface area contributed by atoms with E-state index in [1.165, 1.54) is 11.1 Å². The SMILES string of the molecule is Cc1cc(Cl)ccc1/C=C/CNC(C)C. The van der Waals surface area contributed by atoms with Crippen LogP contribution in [0.5, 0.6) is 0 Å². The van der Waals surface area contributed by atoms with E-state index in [2.05, 4.69) is 38.2 Å². The first-order valence-corrected chi connectivity index (χ1v) is 5.63. The zero-order valence-electron chi connectivity index (χ0n) is 9.55. The Balaban J connectivity index is 2.57. The maximum Gasteiger partial charge on any atom is 0.0409 e. The molecule has 0 aliphatic rings. The van der Waals surface area contributed by atoms with Crippen LogP contribution in [0.3, 0.4) is 0 Å².